The molecule has 0 bridgehead atoms. The standard InChI is InChI=1S/C29H49NO4/c1-18(2)8-7-9-19(3)23-10-11-24-22-16-26(30-33)29(32)17-21(34-20(4)31)12-15-28(29,6)25(22)13-14-27(23,24)5/h18-19,21-25,32-33H,7-17H2,1-6H3/b30-26-/t19-,21+,22-,23+,24-,25-,27-,28-,29-/m1/s1. The topological polar surface area (TPSA) is 79.1 Å². The van der Waals surface area contributed by atoms with Gasteiger partial charge < -0.3 is 15.1 Å². The molecule has 0 amide bonds. The van der Waals surface area contributed by atoms with Crippen LogP contribution in [0.1, 0.15) is 112 Å². The summed E-state index contributed by atoms with van der Waals surface area (Å²) in [5.74, 6) is 3.53. The van der Waals surface area contributed by atoms with Crippen LogP contribution in [0.5, 0.6) is 0 Å². The van der Waals surface area contributed by atoms with Gasteiger partial charge in [-0.3, -0.25) is 4.79 Å². The molecule has 4 saturated carbocycles. The molecule has 0 aromatic carbocycles. The third-order valence-electron chi connectivity index (χ3n) is 11.3. The van der Waals surface area contributed by atoms with Gasteiger partial charge in [-0.15, -0.1) is 0 Å². The number of nitrogens with zero attached hydrogens (tertiary/aromatic N) is 1. The predicted molar refractivity (Wildman–Crippen MR) is 135 cm³/mol. The lowest BCUT2D eigenvalue weighted by atomic mass is 9.42. The van der Waals surface area contributed by atoms with E-state index in [1.807, 2.05) is 0 Å². The number of carbonyl (C=O) groups excluding carboxylic acids is 1. The molecule has 0 radical (unpaired) electrons. The van der Waals surface area contributed by atoms with Crippen LogP contribution in [0.15, 0.2) is 5.16 Å². The molecule has 0 aliphatic heterocycles. The van der Waals surface area contributed by atoms with E-state index in [1.54, 1.807) is 0 Å². The predicted octanol–water partition coefficient (Wildman–Crippen LogP) is 6.59. The highest BCUT2D eigenvalue weighted by Gasteiger charge is 2.67. The average molecular weight is 476 g/mol. The molecular weight excluding hydrogens is 426 g/mol. The molecule has 194 valence electrons. The number of aliphatic hydroxyl groups is 1. The van der Waals surface area contributed by atoms with Gasteiger partial charge in [0.15, 0.2) is 0 Å². The molecule has 0 unspecified atom stereocenters. The van der Waals surface area contributed by atoms with Crippen molar-refractivity contribution in [1.29, 1.82) is 0 Å². The monoisotopic (exact) mass is 475 g/mol. The Morgan fingerprint density at radius 1 is 1.09 bits per heavy atom. The van der Waals surface area contributed by atoms with E-state index in [9.17, 15) is 15.1 Å². The first kappa shape index (κ1) is 26.0. The van der Waals surface area contributed by atoms with Gasteiger partial charge in [0.1, 0.15) is 11.7 Å². The van der Waals surface area contributed by atoms with Gasteiger partial charge in [-0.25, -0.2) is 0 Å². The lowest BCUT2D eigenvalue weighted by Crippen LogP contribution is -2.67. The van der Waals surface area contributed by atoms with Crippen LogP contribution in [-0.4, -0.2) is 33.7 Å². The van der Waals surface area contributed by atoms with Crippen LogP contribution in [0.4, 0.5) is 0 Å². The summed E-state index contributed by atoms with van der Waals surface area (Å²) in [4.78, 5) is 11.6. The van der Waals surface area contributed by atoms with Crippen molar-refractivity contribution >= 4 is 11.7 Å². The van der Waals surface area contributed by atoms with E-state index in [0.29, 0.717) is 41.7 Å². The van der Waals surface area contributed by atoms with Crippen LogP contribution in [0.3, 0.4) is 0 Å². The maximum absolute atomic E-state index is 12.0. The Morgan fingerprint density at radius 3 is 2.47 bits per heavy atom. The summed E-state index contributed by atoms with van der Waals surface area (Å²) < 4.78 is 5.52. The van der Waals surface area contributed by atoms with Crippen LogP contribution in [0, 0.1) is 46.3 Å². The largest absolute Gasteiger partial charge is 0.462 e. The van der Waals surface area contributed by atoms with E-state index in [4.69, 9.17) is 4.74 Å². The fraction of sp³-hybridized carbons (Fsp3) is 0.931. The normalized spacial score (nSPS) is 46.0. The molecule has 0 heterocycles. The quantitative estimate of drug-likeness (QED) is 0.258. The van der Waals surface area contributed by atoms with Crippen LogP contribution in [-0.2, 0) is 9.53 Å². The van der Waals surface area contributed by atoms with Crippen LogP contribution in [0.25, 0.3) is 0 Å². The zero-order chi connectivity index (χ0) is 24.9. The van der Waals surface area contributed by atoms with E-state index < -0.39 is 5.60 Å². The molecule has 5 nitrogen and oxygen atoms in total. The molecule has 4 fully saturated rings. The Morgan fingerprint density at radius 2 is 1.82 bits per heavy atom. The summed E-state index contributed by atoms with van der Waals surface area (Å²) in [6.07, 6.45) is 11.2. The third-order valence-corrected chi connectivity index (χ3v) is 11.3. The molecule has 0 spiro atoms. The minimum Gasteiger partial charge on any atom is -0.462 e. The van der Waals surface area contributed by atoms with Crippen molar-refractivity contribution in [2.24, 2.45) is 51.5 Å². The summed E-state index contributed by atoms with van der Waals surface area (Å²) in [7, 11) is 0. The molecule has 34 heavy (non-hydrogen) atoms. The first-order valence-corrected chi connectivity index (χ1v) is 14.1. The molecule has 4 aliphatic carbocycles. The van der Waals surface area contributed by atoms with Crippen molar-refractivity contribution in [2.45, 2.75) is 124 Å². The number of carbonyl (C=O) groups is 1. The van der Waals surface area contributed by atoms with E-state index in [2.05, 4.69) is 39.8 Å². The van der Waals surface area contributed by atoms with Crippen molar-refractivity contribution in [3.05, 3.63) is 0 Å². The van der Waals surface area contributed by atoms with Gasteiger partial charge >= 0.3 is 5.97 Å². The zero-order valence-corrected chi connectivity index (χ0v) is 22.5. The number of esters is 1. The van der Waals surface area contributed by atoms with Gasteiger partial charge in [0.2, 0.25) is 0 Å². The lowest BCUT2D eigenvalue weighted by Gasteiger charge is -2.64. The SMILES string of the molecule is CC(=O)O[C@H]1CC[C@]2(C)[C@@H]3CC[C@@]4(C)[C@H](CC[C@H]4[C@H](C)CCCC(C)C)[C@H]3C/C(=N/O)[C@]2(O)C1. The molecule has 4 aliphatic rings. The van der Waals surface area contributed by atoms with Gasteiger partial charge in [-0.1, -0.05) is 59.0 Å². The number of fused-ring (bicyclic) bond motifs is 5. The molecule has 4 rings (SSSR count). The fourth-order valence-corrected chi connectivity index (χ4v) is 9.51. The van der Waals surface area contributed by atoms with E-state index >= 15 is 0 Å². The highest BCUT2D eigenvalue weighted by Crippen LogP contribution is 2.68. The van der Waals surface area contributed by atoms with Gasteiger partial charge in [0, 0.05) is 18.8 Å². The summed E-state index contributed by atoms with van der Waals surface area (Å²) in [5.41, 5.74) is -0.654. The van der Waals surface area contributed by atoms with Crippen molar-refractivity contribution < 1.29 is 19.8 Å². The van der Waals surface area contributed by atoms with Gasteiger partial charge in [0.05, 0.1) is 5.71 Å². The van der Waals surface area contributed by atoms with Crippen molar-refractivity contribution in [2.75, 3.05) is 0 Å². The second-order valence-corrected chi connectivity index (χ2v) is 13.4. The average Bonchev–Trinajstić information content (AvgIpc) is 3.11. The van der Waals surface area contributed by atoms with Crippen molar-refractivity contribution in [1.82, 2.24) is 0 Å². The fourth-order valence-electron chi connectivity index (χ4n) is 9.51. The Kier molecular flexibility index (Phi) is 7.19. The number of oxime groups is 1. The second-order valence-electron chi connectivity index (χ2n) is 13.4. The van der Waals surface area contributed by atoms with Crippen LogP contribution < -0.4 is 0 Å². The number of hydrogen-bond acceptors (Lipinski definition) is 5. The molecule has 9 atom stereocenters. The van der Waals surface area contributed by atoms with E-state index in [-0.39, 0.29) is 17.5 Å². The summed E-state index contributed by atoms with van der Waals surface area (Å²) in [5, 5.41) is 25.8. The highest BCUT2D eigenvalue weighted by molar-refractivity contribution is 5.94. The summed E-state index contributed by atoms with van der Waals surface area (Å²) in [6.45, 7) is 13.3. The summed E-state index contributed by atoms with van der Waals surface area (Å²) in [6, 6.07) is 0. The zero-order valence-electron chi connectivity index (χ0n) is 22.5. The maximum Gasteiger partial charge on any atom is 0.302 e. The highest BCUT2D eigenvalue weighted by atomic mass is 16.5. The van der Waals surface area contributed by atoms with Crippen LogP contribution in [0.2, 0.25) is 0 Å². The first-order chi connectivity index (χ1) is 16.0. The Hall–Kier alpha value is -1.10. The lowest BCUT2D eigenvalue weighted by molar-refractivity contribution is -0.183. The minimum atomic E-state index is -1.20. The second kappa shape index (κ2) is 9.41. The molecular formula is C29H49NO4. The van der Waals surface area contributed by atoms with Gasteiger partial charge in [0.25, 0.3) is 0 Å². The third kappa shape index (κ3) is 4.12. The molecule has 0 aromatic heterocycles. The Balaban J connectivity index is 1.56. The summed E-state index contributed by atoms with van der Waals surface area (Å²) >= 11 is 0. The Labute approximate surface area is 207 Å². The molecule has 5 heteroatoms. The number of rotatable bonds is 6. The van der Waals surface area contributed by atoms with E-state index in [0.717, 1.165) is 37.0 Å². The number of ether oxygens (including phenoxy) is 1. The van der Waals surface area contributed by atoms with Gasteiger partial charge in [-0.2, -0.15) is 0 Å². The Bertz CT molecular complexity index is 795. The maximum atomic E-state index is 12.0. The van der Waals surface area contributed by atoms with Crippen molar-refractivity contribution in [3.8, 4) is 0 Å². The smallest absolute Gasteiger partial charge is 0.302 e. The van der Waals surface area contributed by atoms with E-state index in [1.165, 1.54) is 45.4 Å². The molecule has 0 aromatic rings. The first-order valence-electron chi connectivity index (χ1n) is 14.1. The van der Waals surface area contributed by atoms with Gasteiger partial charge in [-0.05, 0) is 85.9 Å². The molecule has 2 N–H and O–H groups in total. The number of hydrogen-bond donors (Lipinski definition) is 2. The molecule has 0 saturated heterocycles. The van der Waals surface area contributed by atoms with Crippen LogP contribution >= 0.6 is 0 Å². The van der Waals surface area contributed by atoms with Crippen molar-refractivity contribution in [3.63, 3.8) is 0 Å². The minimum absolute atomic E-state index is 0.304.